The van der Waals surface area contributed by atoms with E-state index in [0.29, 0.717) is 28.3 Å². The van der Waals surface area contributed by atoms with E-state index in [1.165, 1.54) is 12.4 Å². The van der Waals surface area contributed by atoms with Crippen molar-refractivity contribution in [3.63, 3.8) is 0 Å². The predicted molar refractivity (Wildman–Crippen MR) is 131 cm³/mol. The van der Waals surface area contributed by atoms with Gasteiger partial charge in [0.1, 0.15) is 17.5 Å². The van der Waals surface area contributed by atoms with Crippen LogP contribution in [-0.2, 0) is 4.79 Å². The van der Waals surface area contributed by atoms with Gasteiger partial charge in [-0.1, -0.05) is 0 Å². The molecular formula is C25H29N7O3. The van der Waals surface area contributed by atoms with Gasteiger partial charge in [0, 0.05) is 55.1 Å². The number of nitriles is 1. The molecule has 1 atom stereocenters. The topological polar surface area (TPSA) is 145 Å². The van der Waals surface area contributed by atoms with Crippen molar-refractivity contribution in [2.45, 2.75) is 44.7 Å². The molecular weight excluding hydrogens is 446 g/mol. The van der Waals surface area contributed by atoms with Crippen LogP contribution in [0.3, 0.4) is 0 Å². The van der Waals surface area contributed by atoms with Gasteiger partial charge in [-0.25, -0.2) is 9.97 Å². The molecule has 0 unspecified atom stereocenters. The molecule has 1 fully saturated rings. The minimum Gasteiger partial charge on any atom is -0.394 e. The summed E-state index contributed by atoms with van der Waals surface area (Å²) < 4.78 is 1.78. The number of aromatic nitrogens is 3. The molecule has 1 saturated carbocycles. The first-order valence-electron chi connectivity index (χ1n) is 11.7. The SMILES string of the molecule is CNC(=O)C1CCC(NC(=O)c2cnc(-n3ccc4cc(C#N)cnc43)cc2N[C@@H](C)CO)CC1. The van der Waals surface area contributed by atoms with E-state index in [4.69, 9.17) is 5.26 Å². The van der Waals surface area contributed by atoms with Gasteiger partial charge in [0.25, 0.3) is 5.91 Å². The van der Waals surface area contributed by atoms with Gasteiger partial charge in [-0.05, 0) is 44.7 Å². The molecule has 10 nitrogen and oxygen atoms in total. The molecule has 4 N–H and O–H groups in total. The summed E-state index contributed by atoms with van der Waals surface area (Å²) in [6.45, 7) is 1.71. The minimum atomic E-state index is -0.280. The summed E-state index contributed by atoms with van der Waals surface area (Å²) in [7, 11) is 1.64. The molecule has 35 heavy (non-hydrogen) atoms. The van der Waals surface area contributed by atoms with Gasteiger partial charge in [0.15, 0.2) is 0 Å². The summed E-state index contributed by atoms with van der Waals surface area (Å²) >= 11 is 0. The molecule has 10 heteroatoms. The average molecular weight is 476 g/mol. The summed E-state index contributed by atoms with van der Waals surface area (Å²) in [6, 6.07) is 7.15. The number of carbonyl (C=O) groups is 2. The standard InChI is InChI=1S/C25H29N7O3/c1-15(14-33)30-21-10-22(32-8-7-18-9-16(11-26)12-29-23(18)32)28-13-20(21)25(35)31-19-5-3-17(4-6-19)24(34)27-2/h7-10,12-13,15,17,19,33H,3-6,14H2,1-2H3,(H,27,34)(H,28,30)(H,31,35)/t15-,17?,19?/m0/s1. The zero-order valence-electron chi connectivity index (χ0n) is 19.8. The largest absolute Gasteiger partial charge is 0.394 e. The molecule has 3 heterocycles. The van der Waals surface area contributed by atoms with Crippen LogP contribution in [0.1, 0.15) is 48.5 Å². The highest BCUT2D eigenvalue weighted by molar-refractivity contribution is 6.00. The fourth-order valence-electron chi connectivity index (χ4n) is 4.42. The highest BCUT2D eigenvalue weighted by Gasteiger charge is 2.27. The van der Waals surface area contributed by atoms with Crippen molar-refractivity contribution in [1.29, 1.82) is 5.26 Å². The fourth-order valence-corrected chi connectivity index (χ4v) is 4.42. The number of pyridine rings is 2. The van der Waals surface area contributed by atoms with Crippen LogP contribution in [0.4, 0.5) is 5.69 Å². The first-order chi connectivity index (χ1) is 16.9. The van der Waals surface area contributed by atoms with Crippen molar-refractivity contribution in [2.75, 3.05) is 19.0 Å². The van der Waals surface area contributed by atoms with E-state index >= 15 is 0 Å². The molecule has 0 spiro atoms. The molecule has 0 aromatic carbocycles. The van der Waals surface area contributed by atoms with Gasteiger partial charge in [-0.2, -0.15) is 5.26 Å². The quantitative estimate of drug-likeness (QED) is 0.409. The molecule has 0 aliphatic heterocycles. The molecule has 1 aliphatic carbocycles. The van der Waals surface area contributed by atoms with Crippen molar-refractivity contribution < 1.29 is 14.7 Å². The number of amides is 2. The number of anilines is 1. The zero-order valence-corrected chi connectivity index (χ0v) is 19.8. The van der Waals surface area contributed by atoms with Gasteiger partial charge in [-0.15, -0.1) is 0 Å². The maximum atomic E-state index is 13.2. The number of aliphatic hydroxyl groups is 1. The van der Waals surface area contributed by atoms with E-state index in [1.54, 1.807) is 23.7 Å². The Morgan fingerprint density at radius 1 is 1.23 bits per heavy atom. The van der Waals surface area contributed by atoms with Crippen molar-refractivity contribution in [3.05, 3.63) is 47.9 Å². The first-order valence-corrected chi connectivity index (χ1v) is 11.7. The lowest BCUT2D eigenvalue weighted by Gasteiger charge is -2.28. The fraction of sp³-hybridized carbons (Fsp3) is 0.400. The second-order valence-electron chi connectivity index (χ2n) is 8.89. The van der Waals surface area contributed by atoms with Crippen LogP contribution >= 0.6 is 0 Å². The van der Waals surface area contributed by atoms with Crippen molar-refractivity contribution in [2.24, 2.45) is 5.92 Å². The molecule has 4 rings (SSSR count). The van der Waals surface area contributed by atoms with Gasteiger partial charge in [0.2, 0.25) is 5.91 Å². The molecule has 0 bridgehead atoms. The lowest BCUT2D eigenvalue weighted by Crippen LogP contribution is -2.40. The van der Waals surface area contributed by atoms with E-state index in [2.05, 4.69) is 32.0 Å². The zero-order chi connectivity index (χ0) is 24.9. The Kier molecular flexibility index (Phi) is 7.27. The minimum absolute atomic E-state index is 0.00836. The second kappa shape index (κ2) is 10.5. The Hall–Kier alpha value is -3.97. The number of fused-ring (bicyclic) bond motifs is 1. The summed E-state index contributed by atoms with van der Waals surface area (Å²) in [5.41, 5.74) is 2.03. The maximum Gasteiger partial charge on any atom is 0.255 e. The van der Waals surface area contributed by atoms with Gasteiger partial charge >= 0.3 is 0 Å². The molecule has 0 radical (unpaired) electrons. The van der Waals surface area contributed by atoms with Crippen molar-refractivity contribution in [1.82, 2.24) is 25.2 Å². The lowest BCUT2D eigenvalue weighted by molar-refractivity contribution is -0.125. The number of carbonyl (C=O) groups excluding carboxylic acids is 2. The van der Waals surface area contributed by atoms with Crippen LogP contribution in [0.15, 0.2) is 36.8 Å². The summed E-state index contributed by atoms with van der Waals surface area (Å²) in [5, 5.41) is 28.5. The lowest BCUT2D eigenvalue weighted by atomic mass is 9.85. The molecule has 1 aliphatic rings. The third-order valence-corrected chi connectivity index (χ3v) is 6.39. The van der Waals surface area contributed by atoms with E-state index < -0.39 is 0 Å². The molecule has 2 amide bonds. The maximum absolute atomic E-state index is 13.2. The van der Waals surface area contributed by atoms with Crippen LogP contribution in [0.25, 0.3) is 16.9 Å². The first kappa shape index (κ1) is 24.2. The monoisotopic (exact) mass is 475 g/mol. The molecule has 3 aromatic rings. The van der Waals surface area contributed by atoms with E-state index in [0.717, 1.165) is 31.1 Å². The number of nitrogens with zero attached hydrogens (tertiary/aromatic N) is 4. The Labute approximate surface area is 203 Å². The highest BCUT2D eigenvalue weighted by Crippen LogP contribution is 2.26. The van der Waals surface area contributed by atoms with Gasteiger partial charge in [0.05, 0.1) is 23.4 Å². The number of hydrogen-bond donors (Lipinski definition) is 4. The van der Waals surface area contributed by atoms with Crippen LogP contribution in [0.2, 0.25) is 0 Å². The van der Waals surface area contributed by atoms with Crippen LogP contribution in [0, 0.1) is 17.2 Å². The number of rotatable bonds is 7. The van der Waals surface area contributed by atoms with Crippen LogP contribution < -0.4 is 16.0 Å². The Morgan fingerprint density at radius 3 is 2.69 bits per heavy atom. The van der Waals surface area contributed by atoms with E-state index in [1.807, 2.05) is 19.2 Å². The molecule has 3 aromatic heterocycles. The van der Waals surface area contributed by atoms with Crippen molar-refractivity contribution in [3.8, 4) is 11.9 Å². The highest BCUT2D eigenvalue weighted by atomic mass is 16.3. The summed E-state index contributed by atoms with van der Waals surface area (Å²) in [5.74, 6) is 0.336. The smallest absolute Gasteiger partial charge is 0.255 e. The van der Waals surface area contributed by atoms with E-state index in [9.17, 15) is 14.7 Å². The molecule has 0 saturated heterocycles. The van der Waals surface area contributed by atoms with Crippen LogP contribution in [-0.4, -0.2) is 57.2 Å². The second-order valence-corrected chi connectivity index (χ2v) is 8.89. The van der Waals surface area contributed by atoms with E-state index in [-0.39, 0.29) is 36.4 Å². The van der Waals surface area contributed by atoms with Gasteiger partial charge in [-0.3, -0.25) is 14.2 Å². The normalized spacial score (nSPS) is 18.5. The molecule has 182 valence electrons. The predicted octanol–water partition coefficient (Wildman–Crippen LogP) is 2.12. The Morgan fingerprint density at radius 2 is 2.00 bits per heavy atom. The number of nitrogens with one attached hydrogen (secondary N) is 3. The van der Waals surface area contributed by atoms with Crippen LogP contribution in [0.5, 0.6) is 0 Å². The third-order valence-electron chi connectivity index (χ3n) is 6.39. The number of hydrogen-bond acceptors (Lipinski definition) is 7. The van der Waals surface area contributed by atoms with Gasteiger partial charge < -0.3 is 21.1 Å². The summed E-state index contributed by atoms with van der Waals surface area (Å²) in [6.07, 6.45) is 7.76. The summed E-state index contributed by atoms with van der Waals surface area (Å²) in [4.78, 5) is 34.0. The average Bonchev–Trinajstić information content (AvgIpc) is 3.31. The van der Waals surface area contributed by atoms with Crippen molar-refractivity contribution >= 4 is 28.5 Å². The third kappa shape index (κ3) is 5.25. The Balaban J connectivity index is 1.58. The Bertz CT molecular complexity index is 1270. The number of aliphatic hydroxyl groups excluding tert-OH is 1.